The van der Waals surface area contributed by atoms with Crippen LogP contribution in [0.1, 0.15) is 32.6 Å². The normalized spacial score (nSPS) is 19.8. The highest BCUT2D eigenvalue weighted by molar-refractivity contribution is 8.01. The Morgan fingerprint density at radius 2 is 2.04 bits per heavy atom. The summed E-state index contributed by atoms with van der Waals surface area (Å²) in [6.45, 7) is 2.22. The van der Waals surface area contributed by atoms with Crippen LogP contribution < -0.4 is 15.4 Å². The maximum absolute atomic E-state index is 12.2. The summed E-state index contributed by atoms with van der Waals surface area (Å²) in [6.07, 6.45) is 4.78. The van der Waals surface area contributed by atoms with Gasteiger partial charge in [0.05, 0.1) is 12.9 Å². The molecule has 0 bridgehead atoms. The second-order valence-electron chi connectivity index (χ2n) is 6.45. The monoisotopic (exact) mass is 392 g/mol. The van der Waals surface area contributed by atoms with Crippen molar-refractivity contribution in [2.45, 2.75) is 43.0 Å². The van der Waals surface area contributed by atoms with Gasteiger partial charge in [-0.3, -0.25) is 4.79 Å². The van der Waals surface area contributed by atoms with Gasteiger partial charge < -0.3 is 15.4 Å². The van der Waals surface area contributed by atoms with Crippen LogP contribution >= 0.6 is 23.1 Å². The molecule has 1 aromatic heterocycles. The SMILES string of the molecule is COc1ccc(Nc2nnc(SCC(=O)N[C@@H]3CCCC[C@H]3C)s2)cc1. The summed E-state index contributed by atoms with van der Waals surface area (Å²) >= 11 is 2.87. The van der Waals surface area contributed by atoms with Crippen molar-refractivity contribution in [3.8, 4) is 5.75 Å². The van der Waals surface area contributed by atoms with Crippen LogP contribution in [0.25, 0.3) is 0 Å². The molecule has 26 heavy (non-hydrogen) atoms. The number of thioether (sulfide) groups is 1. The van der Waals surface area contributed by atoms with Crippen LogP contribution in [0.3, 0.4) is 0 Å². The highest BCUT2D eigenvalue weighted by atomic mass is 32.2. The lowest BCUT2D eigenvalue weighted by Crippen LogP contribution is -2.41. The van der Waals surface area contributed by atoms with E-state index in [9.17, 15) is 4.79 Å². The number of carbonyl (C=O) groups excluding carboxylic acids is 1. The highest BCUT2D eigenvalue weighted by Crippen LogP contribution is 2.28. The third kappa shape index (κ3) is 5.35. The fourth-order valence-electron chi connectivity index (χ4n) is 3.02. The van der Waals surface area contributed by atoms with E-state index >= 15 is 0 Å². The van der Waals surface area contributed by atoms with Crippen LogP contribution in [0.4, 0.5) is 10.8 Å². The summed E-state index contributed by atoms with van der Waals surface area (Å²) in [7, 11) is 1.64. The Hall–Kier alpha value is -1.80. The van der Waals surface area contributed by atoms with Crippen LogP contribution in [0.2, 0.25) is 0 Å². The minimum atomic E-state index is 0.0774. The Balaban J connectivity index is 1.46. The lowest BCUT2D eigenvalue weighted by Gasteiger charge is -2.29. The number of rotatable bonds is 7. The number of nitrogens with zero attached hydrogens (tertiary/aromatic N) is 2. The number of methoxy groups -OCH3 is 1. The number of nitrogens with one attached hydrogen (secondary N) is 2. The second-order valence-corrected chi connectivity index (χ2v) is 8.65. The first-order valence-corrected chi connectivity index (χ1v) is 10.6. The zero-order chi connectivity index (χ0) is 18.4. The standard InChI is InChI=1S/C18H24N4O2S2/c1-12-5-3-4-6-15(12)20-16(23)11-25-18-22-21-17(26-18)19-13-7-9-14(24-2)10-8-13/h7-10,12,15H,3-6,11H2,1-2H3,(H,19,21)(H,20,23)/t12-,15-/m1/s1. The number of amides is 1. The molecule has 2 aromatic rings. The van der Waals surface area contributed by atoms with E-state index in [4.69, 9.17) is 4.74 Å². The largest absolute Gasteiger partial charge is 0.497 e. The van der Waals surface area contributed by atoms with Gasteiger partial charge in [-0.1, -0.05) is 42.9 Å². The van der Waals surface area contributed by atoms with Crippen LogP contribution in [0.15, 0.2) is 28.6 Å². The van der Waals surface area contributed by atoms with Gasteiger partial charge in [-0.25, -0.2) is 0 Å². The van der Waals surface area contributed by atoms with E-state index in [1.807, 2.05) is 24.3 Å². The fourth-order valence-corrected chi connectivity index (χ4v) is 4.61. The summed E-state index contributed by atoms with van der Waals surface area (Å²) in [4.78, 5) is 12.2. The molecule has 140 valence electrons. The molecule has 1 fully saturated rings. The Kier molecular flexibility index (Phi) is 6.73. The summed E-state index contributed by atoms with van der Waals surface area (Å²) in [6, 6.07) is 7.93. The molecule has 0 saturated heterocycles. The van der Waals surface area contributed by atoms with Crippen LogP contribution in [-0.2, 0) is 4.79 Å². The predicted octanol–water partition coefficient (Wildman–Crippen LogP) is 4.08. The molecule has 2 atom stereocenters. The van der Waals surface area contributed by atoms with Gasteiger partial charge in [-0.2, -0.15) is 0 Å². The summed E-state index contributed by atoms with van der Waals surface area (Å²) in [5.41, 5.74) is 0.919. The van der Waals surface area contributed by atoms with E-state index in [1.54, 1.807) is 7.11 Å². The van der Waals surface area contributed by atoms with Crippen molar-refractivity contribution in [3.05, 3.63) is 24.3 Å². The third-order valence-electron chi connectivity index (χ3n) is 4.53. The number of hydrogen-bond acceptors (Lipinski definition) is 7. The molecule has 0 spiro atoms. The molecule has 1 heterocycles. The van der Waals surface area contributed by atoms with Crippen molar-refractivity contribution in [2.24, 2.45) is 5.92 Å². The lowest BCUT2D eigenvalue weighted by molar-refractivity contribution is -0.119. The Labute approximate surface area is 162 Å². The van der Waals surface area contributed by atoms with Crippen LogP contribution in [0, 0.1) is 5.92 Å². The number of carbonyl (C=O) groups is 1. The molecular weight excluding hydrogens is 368 g/mol. The van der Waals surface area contributed by atoms with Crippen molar-refractivity contribution in [3.63, 3.8) is 0 Å². The number of hydrogen-bond donors (Lipinski definition) is 2. The molecule has 3 rings (SSSR count). The Morgan fingerprint density at radius 3 is 2.77 bits per heavy atom. The molecule has 0 unspecified atom stereocenters. The average Bonchev–Trinajstić information content (AvgIpc) is 3.10. The van der Waals surface area contributed by atoms with Gasteiger partial charge in [0.15, 0.2) is 4.34 Å². The predicted molar refractivity (Wildman–Crippen MR) is 106 cm³/mol. The van der Waals surface area contributed by atoms with Crippen molar-refractivity contribution in [2.75, 3.05) is 18.2 Å². The van der Waals surface area contributed by atoms with Gasteiger partial charge in [0.2, 0.25) is 11.0 Å². The Morgan fingerprint density at radius 1 is 1.27 bits per heavy atom. The first-order chi connectivity index (χ1) is 12.6. The zero-order valence-corrected chi connectivity index (χ0v) is 16.7. The van der Waals surface area contributed by atoms with E-state index in [0.717, 1.165) is 22.2 Å². The topological polar surface area (TPSA) is 76.1 Å². The fraction of sp³-hybridized carbons (Fsp3) is 0.500. The van der Waals surface area contributed by atoms with E-state index in [1.165, 1.54) is 42.4 Å². The quantitative estimate of drug-likeness (QED) is 0.692. The Bertz CT molecular complexity index is 720. The molecule has 1 aliphatic rings. The number of benzene rings is 1. The lowest BCUT2D eigenvalue weighted by atomic mass is 9.86. The van der Waals surface area contributed by atoms with Crippen molar-refractivity contribution < 1.29 is 9.53 Å². The molecule has 1 aliphatic carbocycles. The average molecular weight is 393 g/mol. The maximum Gasteiger partial charge on any atom is 0.230 e. The number of aromatic nitrogens is 2. The molecule has 0 radical (unpaired) electrons. The van der Waals surface area contributed by atoms with E-state index in [-0.39, 0.29) is 5.91 Å². The summed E-state index contributed by atoms with van der Waals surface area (Å²) in [5, 5.41) is 15.4. The van der Waals surface area contributed by atoms with Crippen molar-refractivity contribution >= 4 is 39.8 Å². The van der Waals surface area contributed by atoms with E-state index in [0.29, 0.717) is 22.8 Å². The zero-order valence-electron chi connectivity index (χ0n) is 15.0. The minimum Gasteiger partial charge on any atom is -0.497 e. The van der Waals surface area contributed by atoms with Crippen molar-refractivity contribution in [1.29, 1.82) is 0 Å². The van der Waals surface area contributed by atoms with Gasteiger partial charge in [-0.15, -0.1) is 10.2 Å². The van der Waals surface area contributed by atoms with Gasteiger partial charge in [-0.05, 0) is 43.0 Å². The van der Waals surface area contributed by atoms with Gasteiger partial charge in [0.1, 0.15) is 5.75 Å². The summed E-state index contributed by atoms with van der Waals surface area (Å²) < 4.78 is 5.93. The molecular formula is C18H24N4O2S2. The molecule has 8 heteroatoms. The van der Waals surface area contributed by atoms with Gasteiger partial charge in [0, 0.05) is 11.7 Å². The highest BCUT2D eigenvalue weighted by Gasteiger charge is 2.22. The summed E-state index contributed by atoms with van der Waals surface area (Å²) in [5.74, 6) is 1.83. The third-order valence-corrected chi connectivity index (χ3v) is 6.50. The maximum atomic E-state index is 12.2. The second kappa shape index (κ2) is 9.23. The number of ether oxygens (including phenoxy) is 1. The molecule has 6 nitrogen and oxygen atoms in total. The van der Waals surface area contributed by atoms with Crippen LogP contribution in [0.5, 0.6) is 5.75 Å². The first kappa shape index (κ1) is 19.0. The molecule has 0 aliphatic heterocycles. The van der Waals surface area contributed by atoms with Crippen molar-refractivity contribution in [1.82, 2.24) is 15.5 Å². The smallest absolute Gasteiger partial charge is 0.230 e. The first-order valence-electron chi connectivity index (χ1n) is 8.81. The number of anilines is 2. The minimum absolute atomic E-state index is 0.0774. The van der Waals surface area contributed by atoms with E-state index < -0.39 is 0 Å². The molecule has 1 saturated carbocycles. The van der Waals surface area contributed by atoms with E-state index in [2.05, 4.69) is 27.8 Å². The van der Waals surface area contributed by atoms with Gasteiger partial charge in [0.25, 0.3) is 0 Å². The molecule has 1 amide bonds. The van der Waals surface area contributed by atoms with Crippen LogP contribution in [-0.4, -0.2) is 35.0 Å². The molecule has 2 N–H and O–H groups in total. The van der Waals surface area contributed by atoms with Gasteiger partial charge >= 0.3 is 0 Å². The molecule has 1 aromatic carbocycles.